The number of ether oxygens (including phenoxy) is 1. The van der Waals surface area contributed by atoms with Gasteiger partial charge < -0.3 is 24.8 Å². The van der Waals surface area contributed by atoms with Crippen molar-refractivity contribution in [2.24, 2.45) is 0 Å². The number of carbonyl (C=O) groups is 3. The fourth-order valence-electron chi connectivity index (χ4n) is 6.62. The molecule has 1 amide bonds. The number of amides is 1. The van der Waals surface area contributed by atoms with E-state index in [4.69, 9.17) is 24.5 Å². The summed E-state index contributed by atoms with van der Waals surface area (Å²) in [5, 5.41) is 29.5. The van der Waals surface area contributed by atoms with Crippen LogP contribution >= 0.6 is 0 Å². The van der Waals surface area contributed by atoms with Gasteiger partial charge in [0, 0.05) is 67.2 Å². The Labute approximate surface area is 327 Å². The van der Waals surface area contributed by atoms with Crippen LogP contribution in [0.15, 0.2) is 43.1 Å². The summed E-state index contributed by atoms with van der Waals surface area (Å²) in [5.74, 6) is -6.15. The molecule has 3 fully saturated rings. The fourth-order valence-corrected chi connectivity index (χ4v) is 6.62. The van der Waals surface area contributed by atoms with Gasteiger partial charge in [0.2, 0.25) is 5.88 Å². The van der Waals surface area contributed by atoms with Crippen LogP contribution in [0.2, 0.25) is 0 Å². The van der Waals surface area contributed by atoms with Crippen molar-refractivity contribution < 1.29 is 68.8 Å². The zero-order chi connectivity index (χ0) is 43.5. The van der Waals surface area contributed by atoms with Gasteiger partial charge in [-0.25, -0.2) is 24.5 Å². The fraction of sp³-hybridized carbons (Fsp3) is 0.486. The first kappa shape index (κ1) is 44.1. The number of alkyl halides is 9. The normalized spacial score (nSPS) is 19.2. The molecule has 0 radical (unpaired) electrons. The molecule has 5 heterocycles. The van der Waals surface area contributed by atoms with Crippen LogP contribution in [0.4, 0.5) is 39.5 Å². The van der Waals surface area contributed by atoms with E-state index in [9.17, 15) is 49.6 Å². The third kappa shape index (κ3) is 10.7. The molecule has 15 nitrogen and oxygen atoms in total. The minimum absolute atomic E-state index is 0.0659. The molecular weight excluding hydrogens is 813 g/mol. The highest BCUT2D eigenvalue weighted by atomic mass is 19.4. The molecule has 3 N–H and O–H groups in total. The van der Waals surface area contributed by atoms with Crippen molar-refractivity contribution in [2.75, 3.05) is 20.1 Å². The van der Waals surface area contributed by atoms with E-state index in [-0.39, 0.29) is 29.6 Å². The molecule has 0 bridgehead atoms. The van der Waals surface area contributed by atoms with Gasteiger partial charge in [0.15, 0.2) is 0 Å². The first-order valence-corrected chi connectivity index (χ1v) is 17.6. The monoisotopic (exact) mass is 847 g/mol. The number of H-pyrrole nitrogens is 1. The maximum absolute atomic E-state index is 13.6. The summed E-state index contributed by atoms with van der Waals surface area (Å²) in [5.41, 5.74) is 0.716. The summed E-state index contributed by atoms with van der Waals surface area (Å²) in [7, 11) is 1.61. The Morgan fingerprint density at radius 1 is 0.966 bits per heavy atom. The van der Waals surface area contributed by atoms with Crippen molar-refractivity contribution in [3.63, 3.8) is 0 Å². The SMILES string of the molecule is CN(C(=O)c1cc(OC2CCC(N3CC(CC#N)(n4cc(-c5ncnc6[nH]ccc56)cn4)C3)CC2)nc(C(F)(F)F)c1)C1CC1.O=C(O)C(F)(F)F.O=C(O)C(F)(F)F. The molecule has 4 aromatic heterocycles. The van der Waals surface area contributed by atoms with Gasteiger partial charge in [0.25, 0.3) is 5.91 Å². The number of rotatable bonds is 8. The Bertz CT molecular complexity index is 2160. The molecule has 59 heavy (non-hydrogen) atoms. The van der Waals surface area contributed by atoms with E-state index in [1.54, 1.807) is 13.2 Å². The quantitative estimate of drug-likeness (QED) is 0.174. The summed E-state index contributed by atoms with van der Waals surface area (Å²) in [6.07, 6.45) is -3.26. The number of halogens is 9. The van der Waals surface area contributed by atoms with Gasteiger partial charge in [-0.05, 0) is 50.7 Å². The van der Waals surface area contributed by atoms with Crippen LogP contribution in [-0.2, 0) is 21.3 Å². The number of aromatic nitrogens is 6. The van der Waals surface area contributed by atoms with Gasteiger partial charge in [-0.15, -0.1) is 0 Å². The van der Waals surface area contributed by atoms with Crippen LogP contribution in [0.3, 0.4) is 0 Å². The first-order chi connectivity index (χ1) is 27.5. The highest BCUT2D eigenvalue weighted by Gasteiger charge is 2.48. The van der Waals surface area contributed by atoms with Crippen molar-refractivity contribution in [1.82, 2.24) is 39.5 Å². The van der Waals surface area contributed by atoms with E-state index < -0.39 is 47.6 Å². The van der Waals surface area contributed by atoms with Crippen molar-refractivity contribution in [3.8, 4) is 23.2 Å². The number of hydrogen-bond donors (Lipinski definition) is 3. The van der Waals surface area contributed by atoms with Crippen LogP contribution in [0, 0.1) is 11.3 Å². The maximum Gasteiger partial charge on any atom is 0.490 e. The number of pyridine rings is 1. The van der Waals surface area contributed by atoms with E-state index in [1.807, 2.05) is 23.1 Å². The number of aliphatic carboxylic acids is 2. The lowest BCUT2D eigenvalue weighted by molar-refractivity contribution is -0.193. The molecule has 7 rings (SSSR count). The average Bonchev–Trinajstić information content (AvgIpc) is 3.67. The van der Waals surface area contributed by atoms with Gasteiger partial charge in [0.05, 0.1) is 24.4 Å². The molecular formula is C35H34F9N9O6. The summed E-state index contributed by atoms with van der Waals surface area (Å²) < 4.78 is 112. The molecule has 24 heteroatoms. The number of nitrogens with one attached hydrogen (secondary N) is 1. The Hall–Kier alpha value is -5.99. The largest absolute Gasteiger partial charge is 0.490 e. The van der Waals surface area contributed by atoms with Crippen molar-refractivity contribution >= 4 is 28.9 Å². The summed E-state index contributed by atoms with van der Waals surface area (Å²) in [4.78, 5) is 50.0. The van der Waals surface area contributed by atoms with E-state index in [1.165, 1.54) is 17.3 Å². The van der Waals surface area contributed by atoms with Crippen molar-refractivity contribution in [2.45, 2.75) is 87.2 Å². The predicted octanol–water partition coefficient (Wildman–Crippen LogP) is 6.05. The van der Waals surface area contributed by atoms with E-state index in [0.717, 1.165) is 54.0 Å². The Kier molecular flexibility index (Phi) is 12.8. The predicted molar refractivity (Wildman–Crippen MR) is 183 cm³/mol. The number of likely N-dealkylation sites (tertiary alicyclic amines) is 1. The lowest BCUT2D eigenvalue weighted by atomic mass is 9.82. The molecule has 4 aromatic rings. The topological polar surface area (TPSA) is 203 Å². The van der Waals surface area contributed by atoms with Crippen molar-refractivity contribution in [1.29, 1.82) is 5.26 Å². The second kappa shape index (κ2) is 17.1. The molecule has 0 atom stereocenters. The highest BCUT2D eigenvalue weighted by molar-refractivity contribution is 5.95. The lowest BCUT2D eigenvalue weighted by Crippen LogP contribution is -2.65. The summed E-state index contributed by atoms with van der Waals surface area (Å²) in [6, 6.07) is 6.71. The molecule has 2 saturated carbocycles. The number of nitriles is 1. The number of nitrogens with zero attached hydrogens (tertiary/aromatic N) is 8. The molecule has 1 saturated heterocycles. The minimum Gasteiger partial charge on any atom is -0.475 e. The molecule has 2 aliphatic carbocycles. The third-order valence-corrected chi connectivity index (χ3v) is 9.79. The number of carboxylic acids is 2. The molecule has 3 aliphatic rings. The highest BCUT2D eigenvalue weighted by Crippen LogP contribution is 2.39. The zero-order valence-electron chi connectivity index (χ0n) is 30.6. The molecule has 1 aliphatic heterocycles. The summed E-state index contributed by atoms with van der Waals surface area (Å²) in [6.45, 7) is 1.33. The minimum atomic E-state index is -5.08. The number of carboxylic acid groups (broad SMARTS) is 2. The maximum atomic E-state index is 13.6. The molecule has 0 aromatic carbocycles. The lowest BCUT2D eigenvalue weighted by Gasteiger charge is -2.53. The average molecular weight is 848 g/mol. The number of fused-ring (bicyclic) bond motifs is 1. The van der Waals surface area contributed by atoms with E-state index in [2.05, 4.69) is 36.0 Å². The van der Waals surface area contributed by atoms with Gasteiger partial charge in [-0.2, -0.15) is 49.9 Å². The summed E-state index contributed by atoms with van der Waals surface area (Å²) >= 11 is 0. The number of aromatic amines is 1. The van der Waals surface area contributed by atoms with Gasteiger partial charge in [0.1, 0.15) is 29.3 Å². The molecule has 0 unspecified atom stereocenters. The van der Waals surface area contributed by atoms with Crippen LogP contribution < -0.4 is 4.74 Å². The second-order valence-corrected chi connectivity index (χ2v) is 14.0. The molecule has 0 spiro atoms. The van der Waals surface area contributed by atoms with Crippen LogP contribution in [0.5, 0.6) is 5.88 Å². The number of hydrogen-bond acceptors (Lipinski definition) is 10. The second-order valence-electron chi connectivity index (χ2n) is 14.0. The van der Waals surface area contributed by atoms with Gasteiger partial charge in [-0.1, -0.05) is 0 Å². The third-order valence-electron chi connectivity index (χ3n) is 9.79. The van der Waals surface area contributed by atoms with Crippen LogP contribution in [-0.4, -0.2) is 118 Å². The van der Waals surface area contributed by atoms with Gasteiger partial charge in [-0.3, -0.25) is 14.4 Å². The van der Waals surface area contributed by atoms with E-state index >= 15 is 0 Å². The van der Waals surface area contributed by atoms with Crippen LogP contribution in [0.25, 0.3) is 22.3 Å². The Morgan fingerprint density at radius 2 is 1.58 bits per heavy atom. The molecule has 318 valence electrons. The Morgan fingerprint density at radius 3 is 2.12 bits per heavy atom. The zero-order valence-corrected chi connectivity index (χ0v) is 30.6. The number of carbonyl (C=O) groups excluding carboxylic acids is 1. The van der Waals surface area contributed by atoms with Crippen molar-refractivity contribution in [3.05, 3.63) is 54.4 Å². The van der Waals surface area contributed by atoms with E-state index in [0.29, 0.717) is 32.4 Å². The van der Waals surface area contributed by atoms with Crippen LogP contribution in [0.1, 0.15) is 61.0 Å². The van der Waals surface area contributed by atoms with Gasteiger partial charge >= 0.3 is 30.5 Å². The smallest absolute Gasteiger partial charge is 0.475 e. The Balaban J connectivity index is 0.000000407. The standard InChI is InChI=1S/C31H32F3N9O2.2C2HF3O2/c1-41(21-2-3-21)29(44)19-12-25(31(32,33)34)40-26(13-19)45-23-6-4-22(5-7-23)42-16-30(17-42,9-10-35)43-15-20(14-39-43)27-24-8-11-36-28(24)38-18-37-27;2*3-2(4,5)1(6)7/h8,11-15,18,21-23H,2-7,9,16-17H2,1H3,(H,36,37,38);2*(H,6,7). The first-order valence-electron chi connectivity index (χ1n) is 17.6.